The molecule has 8 heteroatoms. The zero-order valence-corrected chi connectivity index (χ0v) is 17.6. The first-order valence-corrected chi connectivity index (χ1v) is 9.17. The summed E-state index contributed by atoms with van der Waals surface area (Å²) in [6.07, 6.45) is 0.427. The van der Waals surface area contributed by atoms with E-state index in [1.165, 1.54) is 32.4 Å². The van der Waals surface area contributed by atoms with Gasteiger partial charge < -0.3 is 24.3 Å². The van der Waals surface area contributed by atoms with Crippen LogP contribution in [0.4, 0.5) is 5.69 Å². The molecule has 0 saturated heterocycles. The van der Waals surface area contributed by atoms with Gasteiger partial charge in [0.1, 0.15) is 0 Å². The third-order valence-electron chi connectivity index (χ3n) is 4.54. The number of rotatable bonds is 8. The number of esters is 2. The van der Waals surface area contributed by atoms with E-state index in [-0.39, 0.29) is 22.7 Å². The van der Waals surface area contributed by atoms with Crippen LogP contribution in [0.25, 0.3) is 0 Å². The molecule has 0 aliphatic rings. The molecular weight excluding hydrogens is 390 g/mol. The van der Waals surface area contributed by atoms with Gasteiger partial charge in [0.2, 0.25) is 5.91 Å². The van der Waals surface area contributed by atoms with E-state index < -0.39 is 17.9 Å². The van der Waals surface area contributed by atoms with Gasteiger partial charge in [0.15, 0.2) is 11.5 Å². The molecule has 0 saturated carbocycles. The molecule has 0 bridgehead atoms. The predicted octanol–water partition coefficient (Wildman–Crippen LogP) is 3.09. The number of nitrogens with one attached hydrogen (secondary N) is 1. The van der Waals surface area contributed by atoms with Gasteiger partial charge in [-0.2, -0.15) is 0 Å². The zero-order valence-electron chi connectivity index (χ0n) is 17.6. The molecule has 0 aliphatic carbocycles. The average Bonchev–Trinajstić information content (AvgIpc) is 2.77. The SMILES string of the molecule is COC(=O)c1ccc(C(=O)OC)c(NC(=O)C(C)Cc2ccc(OC)c(OC)c2)c1. The summed E-state index contributed by atoms with van der Waals surface area (Å²) in [5, 5.41) is 2.71. The zero-order chi connectivity index (χ0) is 22.3. The van der Waals surface area contributed by atoms with Crippen LogP contribution >= 0.6 is 0 Å². The lowest BCUT2D eigenvalue weighted by Gasteiger charge is -2.16. The Kier molecular flexibility index (Phi) is 7.80. The third-order valence-corrected chi connectivity index (χ3v) is 4.54. The Labute approximate surface area is 175 Å². The summed E-state index contributed by atoms with van der Waals surface area (Å²) in [6, 6.07) is 9.66. The maximum absolute atomic E-state index is 12.8. The molecule has 1 unspecified atom stereocenters. The van der Waals surface area contributed by atoms with Crippen LogP contribution in [0, 0.1) is 5.92 Å². The van der Waals surface area contributed by atoms with E-state index in [0.29, 0.717) is 17.9 Å². The predicted molar refractivity (Wildman–Crippen MR) is 110 cm³/mol. The summed E-state index contributed by atoms with van der Waals surface area (Å²) in [4.78, 5) is 36.6. The Hall–Kier alpha value is -3.55. The molecule has 160 valence electrons. The number of hydrogen-bond donors (Lipinski definition) is 1. The smallest absolute Gasteiger partial charge is 0.339 e. The molecule has 8 nitrogen and oxygen atoms in total. The van der Waals surface area contributed by atoms with E-state index >= 15 is 0 Å². The molecule has 2 aromatic rings. The number of benzene rings is 2. The minimum absolute atomic E-state index is 0.136. The molecule has 0 fully saturated rings. The highest BCUT2D eigenvalue weighted by molar-refractivity contribution is 6.03. The summed E-state index contributed by atoms with van der Waals surface area (Å²) >= 11 is 0. The van der Waals surface area contributed by atoms with Crippen molar-refractivity contribution in [2.45, 2.75) is 13.3 Å². The van der Waals surface area contributed by atoms with Gasteiger partial charge in [-0.25, -0.2) is 9.59 Å². The van der Waals surface area contributed by atoms with Crippen molar-refractivity contribution in [3.05, 3.63) is 53.1 Å². The van der Waals surface area contributed by atoms with Crippen LogP contribution in [0.15, 0.2) is 36.4 Å². The number of amides is 1. The Balaban J connectivity index is 2.23. The summed E-state index contributed by atoms with van der Waals surface area (Å²) in [5.41, 5.74) is 1.39. The van der Waals surface area contributed by atoms with E-state index in [4.69, 9.17) is 18.9 Å². The largest absolute Gasteiger partial charge is 0.493 e. The molecule has 0 heterocycles. The minimum Gasteiger partial charge on any atom is -0.493 e. The van der Waals surface area contributed by atoms with Gasteiger partial charge in [-0.15, -0.1) is 0 Å². The Morgan fingerprint density at radius 3 is 2.13 bits per heavy atom. The van der Waals surface area contributed by atoms with Gasteiger partial charge in [-0.3, -0.25) is 4.79 Å². The molecule has 0 spiro atoms. The number of methoxy groups -OCH3 is 4. The maximum Gasteiger partial charge on any atom is 0.339 e. The van der Waals surface area contributed by atoms with Crippen LogP contribution in [-0.4, -0.2) is 46.3 Å². The van der Waals surface area contributed by atoms with Crippen molar-refractivity contribution in [1.29, 1.82) is 0 Å². The second-order valence-electron chi connectivity index (χ2n) is 6.53. The van der Waals surface area contributed by atoms with Gasteiger partial charge in [0.05, 0.1) is 45.3 Å². The quantitative estimate of drug-likeness (QED) is 0.661. The first-order valence-electron chi connectivity index (χ1n) is 9.17. The normalized spacial score (nSPS) is 11.2. The highest BCUT2D eigenvalue weighted by Gasteiger charge is 2.20. The Bertz CT molecular complexity index is 939. The van der Waals surface area contributed by atoms with Crippen LogP contribution in [0.5, 0.6) is 11.5 Å². The van der Waals surface area contributed by atoms with Crippen molar-refractivity contribution in [1.82, 2.24) is 0 Å². The van der Waals surface area contributed by atoms with E-state index in [0.717, 1.165) is 5.56 Å². The average molecular weight is 415 g/mol. The summed E-state index contributed by atoms with van der Waals surface area (Å²) in [6.45, 7) is 1.76. The van der Waals surface area contributed by atoms with Crippen LogP contribution in [0.3, 0.4) is 0 Å². The first kappa shape index (κ1) is 22.7. The lowest BCUT2D eigenvalue weighted by atomic mass is 9.99. The first-order chi connectivity index (χ1) is 14.3. The van der Waals surface area contributed by atoms with Crippen LogP contribution in [0.2, 0.25) is 0 Å². The molecule has 1 N–H and O–H groups in total. The third kappa shape index (κ3) is 5.28. The van der Waals surface area contributed by atoms with Crippen molar-refractivity contribution in [3.63, 3.8) is 0 Å². The second-order valence-corrected chi connectivity index (χ2v) is 6.53. The lowest BCUT2D eigenvalue weighted by molar-refractivity contribution is -0.119. The van der Waals surface area contributed by atoms with Gasteiger partial charge in [-0.05, 0) is 42.3 Å². The van der Waals surface area contributed by atoms with Crippen molar-refractivity contribution in [2.24, 2.45) is 5.92 Å². The number of carbonyl (C=O) groups excluding carboxylic acids is 3. The summed E-state index contributed by atoms with van der Waals surface area (Å²) in [7, 11) is 5.58. The fourth-order valence-corrected chi connectivity index (χ4v) is 2.89. The molecule has 2 rings (SSSR count). The van der Waals surface area contributed by atoms with Crippen molar-refractivity contribution in [2.75, 3.05) is 33.8 Å². The number of carbonyl (C=O) groups is 3. The Morgan fingerprint density at radius 2 is 1.53 bits per heavy atom. The molecule has 30 heavy (non-hydrogen) atoms. The molecule has 0 aromatic heterocycles. The van der Waals surface area contributed by atoms with E-state index in [1.54, 1.807) is 33.3 Å². The molecule has 1 amide bonds. The monoisotopic (exact) mass is 415 g/mol. The van der Waals surface area contributed by atoms with Gasteiger partial charge >= 0.3 is 11.9 Å². The molecular formula is C22H25NO7. The van der Waals surface area contributed by atoms with Gasteiger partial charge in [-0.1, -0.05) is 13.0 Å². The number of hydrogen-bond acceptors (Lipinski definition) is 7. The lowest BCUT2D eigenvalue weighted by Crippen LogP contribution is -2.24. The Morgan fingerprint density at radius 1 is 0.867 bits per heavy atom. The summed E-state index contributed by atoms with van der Waals surface area (Å²) in [5.74, 6) is -0.802. The highest BCUT2D eigenvalue weighted by Crippen LogP contribution is 2.29. The van der Waals surface area contributed by atoms with Crippen LogP contribution in [-0.2, 0) is 20.7 Å². The topological polar surface area (TPSA) is 100 Å². The molecule has 0 aliphatic heterocycles. The van der Waals surface area contributed by atoms with Crippen LogP contribution in [0.1, 0.15) is 33.2 Å². The molecule has 1 atom stereocenters. The standard InChI is InChI=1S/C22H25NO7/c1-13(10-14-6-9-18(27-2)19(11-14)28-3)20(24)23-17-12-15(21(25)29-4)7-8-16(17)22(26)30-5/h6-9,11-13H,10H2,1-5H3,(H,23,24). The number of ether oxygens (including phenoxy) is 4. The summed E-state index contributed by atoms with van der Waals surface area (Å²) < 4.78 is 20.0. The maximum atomic E-state index is 12.8. The fraction of sp³-hybridized carbons (Fsp3) is 0.318. The number of anilines is 1. The second kappa shape index (κ2) is 10.3. The van der Waals surface area contributed by atoms with Gasteiger partial charge in [0, 0.05) is 5.92 Å². The highest BCUT2D eigenvalue weighted by atomic mass is 16.5. The van der Waals surface area contributed by atoms with E-state index in [9.17, 15) is 14.4 Å². The van der Waals surface area contributed by atoms with Crippen LogP contribution < -0.4 is 14.8 Å². The van der Waals surface area contributed by atoms with Crippen molar-refractivity contribution < 1.29 is 33.3 Å². The van der Waals surface area contributed by atoms with E-state index in [1.807, 2.05) is 6.07 Å². The molecule has 2 aromatic carbocycles. The molecule has 0 radical (unpaired) electrons. The van der Waals surface area contributed by atoms with E-state index in [2.05, 4.69) is 5.32 Å². The van der Waals surface area contributed by atoms with Crippen molar-refractivity contribution in [3.8, 4) is 11.5 Å². The minimum atomic E-state index is -0.630. The van der Waals surface area contributed by atoms with Crippen molar-refractivity contribution >= 4 is 23.5 Å². The van der Waals surface area contributed by atoms with Gasteiger partial charge in [0.25, 0.3) is 0 Å². The fourth-order valence-electron chi connectivity index (χ4n) is 2.89.